The molecule has 0 saturated heterocycles. The highest BCUT2D eigenvalue weighted by molar-refractivity contribution is 5.94. The first kappa shape index (κ1) is 15.8. The van der Waals surface area contributed by atoms with Gasteiger partial charge in [0.15, 0.2) is 0 Å². The van der Waals surface area contributed by atoms with Gasteiger partial charge in [-0.3, -0.25) is 4.79 Å². The molecule has 21 heavy (non-hydrogen) atoms. The van der Waals surface area contributed by atoms with Crippen LogP contribution in [0.25, 0.3) is 0 Å². The second kappa shape index (κ2) is 8.03. The van der Waals surface area contributed by atoms with Gasteiger partial charge in [0, 0.05) is 24.7 Å². The molecule has 0 atom stereocenters. The summed E-state index contributed by atoms with van der Waals surface area (Å²) >= 11 is 0. The third-order valence-corrected chi connectivity index (χ3v) is 4.16. The van der Waals surface area contributed by atoms with Gasteiger partial charge in [-0.05, 0) is 43.5 Å². The van der Waals surface area contributed by atoms with E-state index in [4.69, 9.17) is 0 Å². The Morgan fingerprint density at radius 1 is 1.19 bits per heavy atom. The summed E-state index contributed by atoms with van der Waals surface area (Å²) in [6, 6.07) is 5.54. The first-order valence-corrected chi connectivity index (χ1v) is 7.98. The molecule has 2 rings (SSSR count). The summed E-state index contributed by atoms with van der Waals surface area (Å²) in [5.74, 6) is 0.141. The summed E-state index contributed by atoms with van der Waals surface area (Å²) in [6.45, 7) is 3.24. The molecule has 1 aromatic carbocycles. The van der Waals surface area contributed by atoms with Gasteiger partial charge in [-0.15, -0.1) is 0 Å². The maximum Gasteiger partial charge on any atom is 0.251 e. The molecule has 1 saturated carbocycles. The van der Waals surface area contributed by atoms with E-state index >= 15 is 0 Å². The van der Waals surface area contributed by atoms with E-state index in [1.54, 1.807) is 25.1 Å². The second-order valence-electron chi connectivity index (χ2n) is 5.90. The molecule has 0 spiro atoms. The lowest BCUT2D eigenvalue weighted by molar-refractivity contribution is 0.0953. The highest BCUT2D eigenvalue weighted by Gasteiger charge is 2.11. The number of carbonyl (C=O) groups excluding carboxylic acids is 1. The third-order valence-electron chi connectivity index (χ3n) is 4.16. The lowest BCUT2D eigenvalue weighted by Crippen LogP contribution is -2.36. The molecule has 1 amide bonds. The summed E-state index contributed by atoms with van der Waals surface area (Å²) in [4.78, 5) is 12.0. The fraction of sp³-hybridized carbons (Fsp3) is 0.588. The number of carbonyl (C=O) groups is 1. The second-order valence-corrected chi connectivity index (χ2v) is 5.90. The number of hydrogen-bond acceptors (Lipinski definition) is 3. The number of hydrogen-bond donors (Lipinski definition) is 3. The van der Waals surface area contributed by atoms with Crippen LogP contribution in [0.5, 0.6) is 5.75 Å². The van der Waals surface area contributed by atoms with E-state index in [0.29, 0.717) is 18.2 Å². The molecule has 116 valence electrons. The van der Waals surface area contributed by atoms with E-state index in [9.17, 15) is 9.90 Å². The lowest BCUT2D eigenvalue weighted by atomic mass is 10.1. The van der Waals surface area contributed by atoms with Gasteiger partial charge in [-0.1, -0.05) is 25.7 Å². The average Bonchev–Trinajstić information content (AvgIpc) is 2.75. The lowest BCUT2D eigenvalue weighted by Gasteiger charge is -2.16. The highest BCUT2D eigenvalue weighted by Crippen LogP contribution is 2.17. The Bertz CT molecular complexity index is 466. The molecule has 4 nitrogen and oxygen atoms in total. The first-order chi connectivity index (χ1) is 10.2. The van der Waals surface area contributed by atoms with E-state index in [2.05, 4.69) is 10.6 Å². The van der Waals surface area contributed by atoms with Crippen molar-refractivity contribution in [3.63, 3.8) is 0 Å². The molecule has 4 heteroatoms. The maximum absolute atomic E-state index is 12.0. The molecule has 1 aliphatic carbocycles. The van der Waals surface area contributed by atoms with Crippen LogP contribution in [0.4, 0.5) is 0 Å². The molecular formula is C17H26N2O2. The normalized spacial score (nSPS) is 16.4. The van der Waals surface area contributed by atoms with E-state index in [0.717, 1.165) is 12.1 Å². The number of aromatic hydroxyl groups is 1. The summed E-state index contributed by atoms with van der Waals surface area (Å²) in [7, 11) is 0. The summed E-state index contributed by atoms with van der Waals surface area (Å²) < 4.78 is 0. The molecule has 0 heterocycles. The molecule has 0 radical (unpaired) electrons. The van der Waals surface area contributed by atoms with Gasteiger partial charge in [0.25, 0.3) is 5.91 Å². The summed E-state index contributed by atoms with van der Waals surface area (Å²) in [5.41, 5.74) is 1.32. The molecule has 0 unspecified atom stereocenters. The molecule has 1 aliphatic rings. The van der Waals surface area contributed by atoms with Crippen molar-refractivity contribution in [1.82, 2.24) is 10.6 Å². The predicted molar refractivity (Wildman–Crippen MR) is 84.7 cm³/mol. The van der Waals surface area contributed by atoms with Gasteiger partial charge >= 0.3 is 0 Å². The van der Waals surface area contributed by atoms with Crippen LogP contribution in [0.3, 0.4) is 0 Å². The van der Waals surface area contributed by atoms with Crippen molar-refractivity contribution in [1.29, 1.82) is 0 Å². The van der Waals surface area contributed by atoms with Gasteiger partial charge in [-0.2, -0.15) is 0 Å². The minimum absolute atomic E-state index is 0.0826. The summed E-state index contributed by atoms with van der Waals surface area (Å²) in [5, 5.41) is 15.9. The Labute approximate surface area is 126 Å². The topological polar surface area (TPSA) is 61.4 Å². The molecule has 0 aliphatic heterocycles. The number of nitrogens with one attached hydrogen (secondary N) is 2. The van der Waals surface area contributed by atoms with Gasteiger partial charge in [0.2, 0.25) is 0 Å². The maximum atomic E-state index is 12.0. The zero-order valence-corrected chi connectivity index (χ0v) is 12.8. The Morgan fingerprint density at radius 3 is 2.57 bits per heavy atom. The minimum atomic E-state index is -0.0826. The van der Waals surface area contributed by atoms with E-state index in [1.807, 2.05) is 0 Å². The van der Waals surface area contributed by atoms with Crippen molar-refractivity contribution in [3.05, 3.63) is 29.3 Å². The van der Waals surface area contributed by atoms with Crippen LogP contribution in [0, 0.1) is 6.92 Å². The van der Waals surface area contributed by atoms with Crippen molar-refractivity contribution in [3.8, 4) is 5.75 Å². The fourth-order valence-electron chi connectivity index (χ4n) is 2.83. The van der Waals surface area contributed by atoms with Crippen molar-refractivity contribution in [2.45, 2.75) is 51.5 Å². The van der Waals surface area contributed by atoms with Gasteiger partial charge in [-0.25, -0.2) is 0 Å². The Hall–Kier alpha value is -1.55. The monoisotopic (exact) mass is 290 g/mol. The first-order valence-electron chi connectivity index (χ1n) is 7.98. The molecular weight excluding hydrogens is 264 g/mol. The molecule has 1 fully saturated rings. The fourth-order valence-corrected chi connectivity index (χ4v) is 2.83. The van der Waals surface area contributed by atoms with Crippen molar-refractivity contribution < 1.29 is 9.90 Å². The highest BCUT2D eigenvalue weighted by atomic mass is 16.3. The molecule has 1 aromatic rings. The van der Waals surface area contributed by atoms with E-state index in [1.165, 1.54) is 38.5 Å². The number of aryl methyl sites for hydroxylation is 1. The van der Waals surface area contributed by atoms with Crippen LogP contribution in [0.15, 0.2) is 18.2 Å². The van der Waals surface area contributed by atoms with Crippen LogP contribution >= 0.6 is 0 Å². The smallest absolute Gasteiger partial charge is 0.251 e. The third kappa shape index (κ3) is 5.05. The molecule has 0 aromatic heterocycles. The van der Waals surface area contributed by atoms with Gasteiger partial charge < -0.3 is 15.7 Å². The Morgan fingerprint density at radius 2 is 1.90 bits per heavy atom. The van der Waals surface area contributed by atoms with E-state index in [-0.39, 0.29) is 11.7 Å². The van der Waals surface area contributed by atoms with Crippen LogP contribution < -0.4 is 10.6 Å². The zero-order valence-electron chi connectivity index (χ0n) is 12.8. The Balaban J connectivity index is 1.70. The average molecular weight is 290 g/mol. The van der Waals surface area contributed by atoms with Crippen molar-refractivity contribution in [2.75, 3.05) is 13.1 Å². The summed E-state index contributed by atoms with van der Waals surface area (Å²) in [6.07, 6.45) is 7.86. The van der Waals surface area contributed by atoms with Gasteiger partial charge in [0.1, 0.15) is 5.75 Å². The number of rotatable bonds is 5. The molecule has 3 N–H and O–H groups in total. The largest absolute Gasteiger partial charge is 0.508 e. The van der Waals surface area contributed by atoms with Crippen molar-refractivity contribution in [2.24, 2.45) is 0 Å². The predicted octanol–water partition coefficient (Wildman–Crippen LogP) is 2.74. The number of phenolic OH excluding ortho intramolecular Hbond substituents is 1. The number of benzene rings is 1. The number of phenols is 1. The number of amides is 1. The molecule has 0 bridgehead atoms. The zero-order chi connectivity index (χ0) is 15.1. The van der Waals surface area contributed by atoms with Gasteiger partial charge in [0.05, 0.1) is 0 Å². The Kier molecular flexibility index (Phi) is 6.05. The van der Waals surface area contributed by atoms with Crippen LogP contribution in [-0.4, -0.2) is 30.1 Å². The van der Waals surface area contributed by atoms with Crippen LogP contribution in [-0.2, 0) is 0 Å². The van der Waals surface area contributed by atoms with Crippen LogP contribution in [0.1, 0.15) is 54.4 Å². The minimum Gasteiger partial charge on any atom is -0.508 e. The standard InChI is InChI=1S/C17H26N2O2/c1-13-12-14(8-9-16(13)20)17(21)19-11-10-18-15-6-4-2-3-5-7-15/h8-9,12,15,18,20H,2-7,10-11H2,1H3,(H,19,21). The van der Waals surface area contributed by atoms with Crippen molar-refractivity contribution >= 4 is 5.91 Å². The van der Waals surface area contributed by atoms with E-state index < -0.39 is 0 Å². The quantitative estimate of drug-likeness (QED) is 0.577. The van der Waals surface area contributed by atoms with Crippen LogP contribution in [0.2, 0.25) is 0 Å². The SMILES string of the molecule is Cc1cc(C(=O)NCCNC2CCCCCC2)ccc1O.